The largest absolute Gasteiger partial charge is 0.355 e. The molecule has 0 unspecified atom stereocenters. The van der Waals surface area contributed by atoms with Crippen molar-refractivity contribution >= 4 is 5.96 Å². The van der Waals surface area contributed by atoms with E-state index in [0.29, 0.717) is 5.92 Å². The van der Waals surface area contributed by atoms with E-state index in [1.165, 1.54) is 5.56 Å². The number of rotatable bonds is 6. The maximum Gasteiger partial charge on any atom is 0.193 e. The normalized spacial score (nSPS) is 16.6. The Bertz CT molecular complexity index is 698. The number of aromatic nitrogens is 3. The van der Waals surface area contributed by atoms with Crippen LogP contribution in [0, 0.1) is 0 Å². The molecule has 1 fully saturated rings. The number of H-pyrrole nitrogens is 1. The number of nitrogens with zero attached hydrogens (tertiary/aromatic N) is 4. The summed E-state index contributed by atoms with van der Waals surface area (Å²) in [6.45, 7) is 7.44. The minimum atomic E-state index is 0.134. The Morgan fingerprint density at radius 3 is 2.48 bits per heavy atom. The Balaban J connectivity index is 1.62. The minimum absolute atomic E-state index is 0.134. The second-order valence-electron chi connectivity index (χ2n) is 7.39. The number of hydrogen-bond donors (Lipinski definition) is 2. The number of piperidine rings is 1. The fraction of sp³-hybridized carbons (Fsp3) is 0.571. The molecule has 1 aliphatic rings. The van der Waals surface area contributed by atoms with Crippen LogP contribution in [0.2, 0.25) is 0 Å². The van der Waals surface area contributed by atoms with Crippen molar-refractivity contribution in [2.75, 3.05) is 26.7 Å². The Kier molecular flexibility index (Phi) is 6.48. The van der Waals surface area contributed by atoms with Gasteiger partial charge < -0.3 is 10.2 Å². The number of likely N-dealkylation sites (tertiary alicyclic amines) is 1. The molecule has 0 bridgehead atoms. The number of nitrogens with one attached hydrogen (secondary N) is 2. The van der Waals surface area contributed by atoms with Crippen LogP contribution < -0.4 is 5.32 Å². The van der Waals surface area contributed by atoms with E-state index in [0.717, 1.165) is 57.1 Å². The molecule has 146 valence electrons. The van der Waals surface area contributed by atoms with E-state index in [4.69, 9.17) is 0 Å². The molecule has 0 saturated carbocycles. The smallest absolute Gasteiger partial charge is 0.193 e. The van der Waals surface area contributed by atoms with Crippen molar-refractivity contribution in [1.29, 1.82) is 0 Å². The van der Waals surface area contributed by atoms with E-state index < -0.39 is 0 Å². The highest BCUT2D eigenvalue weighted by Crippen LogP contribution is 2.31. The SMILES string of the molecule is CCC(CC)(CNC(=NC)N1CCC(c2ncn[nH]2)CC1)c1ccccc1. The van der Waals surface area contributed by atoms with Crippen LogP contribution >= 0.6 is 0 Å². The van der Waals surface area contributed by atoms with Gasteiger partial charge in [-0.25, -0.2) is 4.98 Å². The zero-order valence-electron chi connectivity index (χ0n) is 16.8. The summed E-state index contributed by atoms with van der Waals surface area (Å²) in [6, 6.07) is 10.9. The van der Waals surface area contributed by atoms with E-state index in [-0.39, 0.29) is 5.41 Å². The van der Waals surface area contributed by atoms with Crippen LogP contribution in [0.4, 0.5) is 0 Å². The predicted molar refractivity (Wildman–Crippen MR) is 110 cm³/mol. The van der Waals surface area contributed by atoms with Gasteiger partial charge in [0.25, 0.3) is 0 Å². The van der Waals surface area contributed by atoms with Crippen molar-refractivity contribution in [3.63, 3.8) is 0 Å². The number of aromatic amines is 1. The summed E-state index contributed by atoms with van der Waals surface area (Å²) in [5, 5.41) is 10.7. The molecule has 1 aromatic carbocycles. The molecular weight excluding hydrogens is 336 g/mol. The van der Waals surface area contributed by atoms with Gasteiger partial charge in [-0.15, -0.1) is 0 Å². The first kappa shape index (κ1) is 19.4. The second kappa shape index (κ2) is 9.02. The van der Waals surface area contributed by atoms with Crippen LogP contribution in [0.1, 0.15) is 56.8 Å². The average molecular weight is 369 g/mol. The van der Waals surface area contributed by atoms with Crippen LogP contribution in [-0.2, 0) is 5.41 Å². The summed E-state index contributed by atoms with van der Waals surface area (Å²) in [4.78, 5) is 11.3. The summed E-state index contributed by atoms with van der Waals surface area (Å²) in [5.74, 6) is 2.49. The van der Waals surface area contributed by atoms with Gasteiger partial charge in [-0.2, -0.15) is 5.10 Å². The molecule has 1 aromatic heterocycles. The van der Waals surface area contributed by atoms with Gasteiger partial charge in [0.15, 0.2) is 5.96 Å². The van der Waals surface area contributed by atoms with Crippen LogP contribution in [0.15, 0.2) is 41.7 Å². The molecule has 2 aromatic rings. The molecule has 0 aliphatic carbocycles. The molecule has 1 saturated heterocycles. The van der Waals surface area contributed by atoms with Gasteiger partial charge in [0, 0.05) is 38.0 Å². The first-order valence-corrected chi connectivity index (χ1v) is 10.1. The van der Waals surface area contributed by atoms with Gasteiger partial charge in [-0.05, 0) is 31.2 Å². The molecule has 6 nitrogen and oxygen atoms in total. The average Bonchev–Trinajstić information content (AvgIpc) is 3.28. The summed E-state index contributed by atoms with van der Waals surface area (Å²) >= 11 is 0. The van der Waals surface area contributed by atoms with Crippen molar-refractivity contribution in [1.82, 2.24) is 25.4 Å². The first-order chi connectivity index (χ1) is 13.2. The molecule has 6 heteroatoms. The van der Waals surface area contributed by atoms with Crippen LogP contribution in [0.3, 0.4) is 0 Å². The lowest BCUT2D eigenvalue weighted by atomic mass is 9.76. The highest BCUT2D eigenvalue weighted by Gasteiger charge is 2.30. The molecule has 0 atom stereocenters. The van der Waals surface area contributed by atoms with Crippen molar-refractivity contribution in [2.24, 2.45) is 4.99 Å². The highest BCUT2D eigenvalue weighted by atomic mass is 15.3. The maximum absolute atomic E-state index is 4.56. The van der Waals surface area contributed by atoms with Crippen LogP contribution in [0.5, 0.6) is 0 Å². The number of aliphatic imine (C=N–C) groups is 1. The van der Waals surface area contributed by atoms with Gasteiger partial charge >= 0.3 is 0 Å². The molecule has 27 heavy (non-hydrogen) atoms. The van der Waals surface area contributed by atoms with Crippen molar-refractivity contribution in [3.8, 4) is 0 Å². The Hall–Kier alpha value is -2.37. The van der Waals surface area contributed by atoms with E-state index in [1.807, 2.05) is 7.05 Å². The van der Waals surface area contributed by atoms with E-state index in [2.05, 4.69) is 74.6 Å². The Morgan fingerprint density at radius 1 is 1.22 bits per heavy atom. The lowest BCUT2D eigenvalue weighted by Crippen LogP contribution is -2.49. The second-order valence-corrected chi connectivity index (χ2v) is 7.39. The van der Waals surface area contributed by atoms with Crippen molar-refractivity contribution in [2.45, 2.75) is 50.9 Å². The third-order valence-electron chi connectivity index (χ3n) is 6.15. The Labute approximate surface area is 162 Å². The van der Waals surface area contributed by atoms with Crippen molar-refractivity contribution < 1.29 is 0 Å². The molecule has 3 rings (SSSR count). The summed E-state index contributed by atoms with van der Waals surface area (Å²) in [6.07, 6.45) is 5.94. The van der Waals surface area contributed by atoms with Crippen molar-refractivity contribution in [3.05, 3.63) is 48.0 Å². The molecule has 0 radical (unpaired) electrons. The van der Waals surface area contributed by atoms with E-state index >= 15 is 0 Å². The summed E-state index contributed by atoms with van der Waals surface area (Å²) < 4.78 is 0. The number of hydrogen-bond acceptors (Lipinski definition) is 3. The van der Waals surface area contributed by atoms with Gasteiger partial charge in [0.1, 0.15) is 12.2 Å². The van der Waals surface area contributed by atoms with Gasteiger partial charge in [0.05, 0.1) is 0 Å². The highest BCUT2D eigenvalue weighted by molar-refractivity contribution is 5.80. The third kappa shape index (κ3) is 4.31. The molecule has 0 amide bonds. The molecule has 2 N–H and O–H groups in total. The zero-order valence-corrected chi connectivity index (χ0v) is 16.8. The molecular formula is C21H32N6. The zero-order chi connectivity index (χ0) is 19.1. The topological polar surface area (TPSA) is 69.2 Å². The fourth-order valence-corrected chi connectivity index (χ4v) is 4.16. The standard InChI is InChI=1S/C21H32N6/c1-4-21(5-2,18-9-7-6-8-10-18)15-23-20(22-3)27-13-11-17(12-14-27)19-24-16-25-26-19/h6-10,16-17H,4-5,11-15H2,1-3H3,(H,22,23)(H,24,25,26). The number of benzene rings is 1. The minimum Gasteiger partial charge on any atom is -0.355 e. The summed E-state index contributed by atoms with van der Waals surface area (Å²) in [5.41, 5.74) is 1.54. The molecule has 1 aliphatic heterocycles. The molecule has 0 spiro atoms. The maximum atomic E-state index is 4.56. The third-order valence-corrected chi connectivity index (χ3v) is 6.15. The predicted octanol–water partition coefficient (Wildman–Crippen LogP) is 3.32. The quantitative estimate of drug-likeness (QED) is 0.606. The van der Waals surface area contributed by atoms with E-state index in [9.17, 15) is 0 Å². The van der Waals surface area contributed by atoms with Gasteiger partial charge in [-0.1, -0.05) is 44.2 Å². The fourth-order valence-electron chi connectivity index (χ4n) is 4.16. The lowest BCUT2D eigenvalue weighted by molar-refractivity contribution is 0.293. The monoisotopic (exact) mass is 368 g/mol. The van der Waals surface area contributed by atoms with Gasteiger partial charge in [-0.3, -0.25) is 10.1 Å². The first-order valence-electron chi connectivity index (χ1n) is 10.1. The molecule has 2 heterocycles. The van der Waals surface area contributed by atoms with E-state index in [1.54, 1.807) is 6.33 Å². The summed E-state index contributed by atoms with van der Waals surface area (Å²) in [7, 11) is 1.88. The number of guanidine groups is 1. The Morgan fingerprint density at radius 2 is 1.93 bits per heavy atom. The lowest BCUT2D eigenvalue weighted by Gasteiger charge is -2.37. The van der Waals surface area contributed by atoms with Gasteiger partial charge in [0.2, 0.25) is 0 Å². The van der Waals surface area contributed by atoms with Crippen LogP contribution in [0.25, 0.3) is 0 Å². The van der Waals surface area contributed by atoms with Crippen LogP contribution in [-0.4, -0.2) is 52.7 Å².